The van der Waals surface area contributed by atoms with Crippen molar-refractivity contribution in [1.82, 2.24) is 4.72 Å². The fourth-order valence-electron chi connectivity index (χ4n) is 7.72. The third-order valence-electron chi connectivity index (χ3n) is 10.8. The van der Waals surface area contributed by atoms with Gasteiger partial charge < -0.3 is 14.4 Å². The van der Waals surface area contributed by atoms with Crippen LogP contribution >= 0.6 is 11.6 Å². The minimum Gasteiger partial charge on any atom is -0.490 e. The molecule has 6 rings (SSSR count). The number of carbonyl (C=O) groups excluding carboxylic acids is 2. The molecule has 1 fully saturated rings. The van der Waals surface area contributed by atoms with E-state index in [0.717, 1.165) is 61.7 Å². The fourth-order valence-corrected chi connectivity index (χ4v) is 9.88. The lowest BCUT2D eigenvalue weighted by atomic mass is 9.68. The Hall–Kier alpha value is -2.88. The van der Waals surface area contributed by atoms with Crippen LogP contribution in [-0.2, 0) is 31.3 Å². The predicted octanol–water partition coefficient (Wildman–Crippen LogP) is 6.89. The third kappa shape index (κ3) is 6.35. The molecule has 1 spiro atoms. The van der Waals surface area contributed by atoms with Crippen LogP contribution in [0.1, 0.15) is 80.8 Å². The van der Waals surface area contributed by atoms with Gasteiger partial charge in [0.2, 0.25) is 5.91 Å². The molecule has 4 aliphatic rings. The smallest absolute Gasteiger partial charge is 0.286 e. The molecule has 2 bridgehead atoms. The summed E-state index contributed by atoms with van der Waals surface area (Å²) in [6, 6.07) is 11.6. The van der Waals surface area contributed by atoms with Crippen molar-refractivity contribution in [2.24, 2.45) is 22.1 Å². The van der Waals surface area contributed by atoms with Crippen LogP contribution in [0.5, 0.6) is 5.75 Å². The number of ether oxygens (including phenoxy) is 2. The van der Waals surface area contributed by atoms with E-state index in [1.807, 2.05) is 25.1 Å². The zero-order valence-electron chi connectivity index (χ0n) is 27.3. The second-order valence-corrected chi connectivity index (χ2v) is 16.4. The summed E-state index contributed by atoms with van der Waals surface area (Å²) in [6.45, 7) is 7.52. The molecule has 0 radical (unpaired) electrons. The number of nitrogens with zero attached hydrogens (tertiary/aromatic N) is 2. The van der Waals surface area contributed by atoms with Gasteiger partial charge in [-0.3, -0.25) is 14.3 Å². The number of carbonyl (C=O) groups is 2. The average Bonchev–Trinajstić information content (AvgIpc) is 3.18. The molecule has 2 aromatic carbocycles. The Morgan fingerprint density at radius 3 is 2.78 bits per heavy atom. The lowest BCUT2D eigenvalue weighted by Gasteiger charge is -2.46. The first-order valence-corrected chi connectivity index (χ1v) is 18.6. The van der Waals surface area contributed by atoms with Gasteiger partial charge in [-0.2, -0.15) is 0 Å². The highest BCUT2D eigenvalue weighted by Gasteiger charge is 2.44. The van der Waals surface area contributed by atoms with Gasteiger partial charge in [-0.1, -0.05) is 43.7 Å². The highest BCUT2D eigenvalue weighted by Crippen LogP contribution is 2.47. The van der Waals surface area contributed by atoms with Crippen LogP contribution in [0.3, 0.4) is 0 Å². The van der Waals surface area contributed by atoms with Gasteiger partial charge in [0.25, 0.3) is 5.91 Å². The maximum atomic E-state index is 14.3. The van der Waals surface area contributed by atoms with Gasteiger partial charge in [0, 0.05) is 42.6 Å². The summed E-state index contributed by atoms with van der Waals surface area (Å²) in [5.41, 5.74) is 3.48. The van der Waals surface area contributed by atoms with Gasteiger partial charge in [-0.15, -0.1) is 4.36 Å². The van der Waals surface area contributed by atoms with Crippen molar-refractivity contribution in [3.05, 3.63) is 70.3 Å². The average molecular weight is 668 g/mol. The number of hydrogen-bond acceptors (Lipinski definition) is 6. The van der Waals surface area contributed by atoms with Gasteiger partial charge in [0.05, 0.1) is 23.6 Å². The van der Waals surface area contributed by atoms with Crippen molar-refractivity contribution in [1.29, 1.82) is 0 Å². The number of hydrogen-bond donors (Lipinski definition) is 1. The Morgan fingerprint density at radius 2 is 2.04 bits per heavy atom. The second kappa shape index (κ2) is 13.3. The Bertz CT molecular complexity index is 1650. The highest BCUT2D eigenvalue weighted by molar-refractivity contribution is 7.93. The predicted molar refractivity (Wildman–Crippen MR) is 183 cm³/mol. The zero-order valence-corrected chi connectivity index (χ0v) is 28.9. The number of anilines is 1. The summed E-state index contributed by atoms with van der Waals surface area (Å²) in [5, 5.41) is 0.180. The number of nitrogens with one attached hydrogen (secondary N) is 1. The van der Waals surface area contributed by atoms with Crippen LogP contribution in [0.25, 0.3) is 0 Å². The minimum absolute atomic E-state index is 0.0369. The SMILES string of the molecule is CCC(=O)NS1(=O)=NC(=O)c2ccc3c(c2)N(CC2CCC2C(OC)/C=C/CC(C)C1C)CC1(CCCc2cc(Cl)ccc21)CO3. The lowest BCUT2D eigenvalue weighted by molar-refractivity contribution is -0.119. The summed E-state index contributed by atoms with van der Waals surface area (Å²) >= 11 is 6.44. The Kier molecular flexibility index (Phi) is 9.57. The summed E-state index contributed by atoms with van der Waals surface area (Å²) in [7, 11) is -1.66. The first-order valence-electron chi connectivity index (χ1n) is 16.7. The summed E-state index contributed by atoms with van der Waals surface area (Å²) in [5.74, 6) is 0.361. The van der Waals surface area contributed by atoms with Crippen molar-refractivity contribution in [2.45, 2.75) is 82.5 Å². The number of aryl methyl sites for hydroxylation is 1. The quantitative estimate of drug-likeness (QED) is 0.358. The molecule has 1 N–H and O–H groups in total. The van der Waals surface area contributed by atoms with E-state index in [-0.39, 0.29) is 23.9 Å². The third-order valence-corrected chi connectivity index (χ3v) is 13.5. The summed E-state index contributed by atoms with van der Waals surface area (Å²) < 4.78 is 33.9. The van der Waals surface area contributed by atoms with Crippen molar-refractivity contribution in [2.75, 3.05) is 31.7 Å². The van der Waals surface area contributed by atoms with Crippen LogP contribution < -0.4 is 14.4 Å². The second-order valence-electron chi connectivity index (χ2n) is 13.7. The number of benzene rings is 2. The van der Waals surface area contributed by atoms with E-state index in [9.17, 15) is 13.8 Å². The van der Waals surface area contributed by atoms with E-state index in [0.29, 0.717) is 30.4 Å². The molecular weight excluding hydrogens is 622 g/mol. The molecule has 7 atom stereocenters. The molecule has 0 aromatic heterocycles. The number of methoxy groups -OCH3 is 1. The normalized spacial score (nSPS) is 33.4. The Balaban J connectivity index is 1.47. The standard InChI is InChI=1S/C36H46ClN3O5S/c1-5-34(41)38-46(43)24(3)23(2)8-6-10-32(44-4)29-14-11-27(29)20-40-21-36(17-7-9-25-18-28(37)13-15-30(25)36)22-45-33-16-12-26(19-31(33)40)35(42)39-46/h6,10,12-13,15-16,18-19,23-24,27,29,32H,5,7-9,11,14,17,20-22H2,1-4H3,(H,38,39,41,42,43)/b10-6+. The van der Waals surface area contributed by atoms with Crippen LogP contribution in [0.15, 0.2) is 52.9 Å². The zero-order chi connectivity index (χ0) is 32.6. The molecule has 248 valence electrons. The molecule has 1 saturated carbocycles. The molecule has 7 unspecified atom stereocenters. The number of allylic oxidation sites excluding steroid dienone is 1. The van der Waals surface area contributed by atoms with E-state index in [1.165, 1.54) is 11.1 Å². The largest absolute Gasteiger partial charge is 0.490 e. The van der Waals surface area contributed by atoms with Gasteiger partial charge >= 0.3 is 0 Å². The van der Waals surface area contributed by atoms with Gasteiger partial charge in [0.15, 0.2) is 0 Å². The van der Waals surface area contributed by atoms with E-state index in [2.05, 4.69) is 38.3 Å². The maximum Gasteiger partial charge on any atom is 0.286 e. The highest BCUT2D eigenvalue weighted by atomic mass is 35.5. The van der Waals surface area contributed by atoms with Crippen molar-refractivity contribution >= 4 is 39.0 Å². The van der Waals surface area contributed by atoms with E-state index >= 15 is 0 Å². The molecule has 2 aromatic rings. The van der Waals surface area contributed by atoms with Crippen molar-refractivity contribution in [3.63, 3.8) is 0 Å². The van der Waals surface area contributed by atoms with Gasteiger partial charge in [0.1, 0.15) is 15.7 Å². The molecule has 46 heavy (non-hydrogen) atoms. The van der Waals surface area contributed by atoms with E-state index in [1.54, 1.807) is 27.0 Å². The van der Waals surface area contributed by atoms with Crippen molar-refractivity contribution in [3.8, 4) is 5.75 Å². The first-order chi connectivity index (χ1) is 22.1. The summed E-state index contributed by atoms with van der Waals surface area (Å²) in [4.78, 5) is 28.8. The molecular formula is C36H46ClN3O5S. The number of amides is 2. The number of halogens is 1. The van der Waals surface area contributed by atoms with Crippen LogP contribution in [0.4, 0.5) is 5.69 Å². The fraction of sp³-hybridized carbons (Fsp3) is 0.556. The first kappa shape index (κ1) is 33.0. The number of fused-ring (bicyclic) bond motifs is 4. The van der Waals surface area contributed by atoms with Crippen LogP contribution in [0.2, 0.25) is 5.02 Å². The molecule has 2 aliphatic carbocycles. The molecule has 0 saturated heterocycles. The lowest BCUT2D eigenvalue weighted by Crippen LogP contribution is -2.49. The molecule has 10 heteroatoms. The van der Waals surface area contributed by atoms with Crippen LogP contribution in [-0.4, -0.2) is 54.2 Å². The molecule has 8 nitrogen and oxygen atoms in total. The Labute approximate surface area is 278 Å². The van der Waals surface area contributed by atoms with Crippen LogP contribution in [0, 0.1) is 17.8 Å². The monoisotopic (exact) mass is 667 g/mol. The molecule has 2 aliphatic heterocycles. The van der Waals surface area contributed by atoms with Gasteiger partial charge in [-0.25, -0.2) is 4.21 Å². The Morgan fingerprint density at radius 1 is 1.22 bits per heavy atom. The van der Waals surface area contributed by atoms with E-state index in [4.69, 9.17) is 21.1 Å². The molecule has 2 amide bonds. The maximum absolute atomic E-state index is 14.3. The topological polar surface area (TPSA) is 97.3 Å². The van der Waals surface area contributed by atoms with E-state index < -0.39 is 27.0 Å². The number of rotatable bonds is 3. The minimum atomic E-state index is -3.43. The van der Waals surface area contributed by atoms with Crippen molar-refractivity contribution < 1.29 is 23.3 Å². The van der Waals surface area contributed by atoms with Gasteiger partial charge in [-0.05, 0) is 105 Å². The summed E-state index contributed by atoms with van der Waals surface area (Å²) in [6.07, 6.45) is 10.2. The molecule has 2 heterocycles.